The summed E-state index contributed by atoms with van der Waals surface area (Å²) in [5, 5.41) is 23.5. The monoisotopic (exact) mass is 582 g/mol. The third-order valence-electron chi connectivity index (χ3n) is 5.88. The lowest BCUT2D eigenvalue weighted by molar-refractivity contribution is -0.383. The molecule has 0 aliphatic rings. The fourth-order valence-electron chi connectivity index (χ4n) is 3.99. The number of hydrogen-bond acceptors (Lipinski definition) is 9. The molecule has 0 saturated carbocycles. The van der Waals surface area contributed by atoms with E-state index in [1.54, 1.807) is 54.6 Å². The Balaban J connectivity index is 0.000000165. The van der Waals surface area contributed by atoms with Crippen LogP contribution >= 0.6 is 0 Å². The van der Waals surface area contributed by atoms with Gasteiger partial charge in [-0.3, -0.25) is 25.0 Å². The molecular weight excluding hydrogens is 559 g/mol. The standard InChI is InChI=1S/C15H11N3O3.C10H6FNO2.C5H6N2O/c16-15-9-10(7-8-17-15)21-14-6-5-13(18(19)20)11-3-1-2-4-12(11)14;11-9-5-6-10(12(13)14)8-4-2-1-3-7(8)9;6-5-3-4(8)1-2-7-5/h1-9H,(H2,16,17);1-6H;1-3H,(H3,6,7,8). The summed E-state index contributed by atoms with van der Waals surface area (Å²) in [4.78, 5) is 37.7. The van der Waals surface area contributed by atoms with Crippen LogP contribution in [0.2, 0.25) is 0 Å². The number of aromatic amines is 1. The van der Waals surface area contributed by atoms with Gasteiger partial charge in [0.05, 0.1) is 20.6 Å². The van der Waals surface area contributed by atoms with Crippen LogP contribution in [0.4, 0.5) is 27.4 Å². The molecule has 13 heteroatoms. The summed E-state index contributed by atoms with van der Waals surface area (Å²) in [5.41, 5.74) is 10.7. The van der Waals surface area contributed by atoms with E-state index in [9.17, 15) is 29.4 Å². The van der Waals surface area contributed by atoms with Gasteiger partial charge in [-0.05, 0) is 30.3 Å². The van der Waals surface area contributed by atoms with Crippen LogP contribution in [-0.4, -0.2) is 19.8 Å². The van der Waals surface area contributed by atoms with E-state index in [0.29, 0.717) is 39.3 Å². The highest BCUT2D eigenvalue weighted by molar-refractivity contribution is 5.95. The first-order chi connectivity index (χ1) is 20.6. The Morgan fingerprint density at radius 3 is 1.88 bits per heavy atom. The fraction of sp³-hybridized carbons (Fsp3) is 0. The Morgan fingerprint density at radius 1 is 0.744 bits per heavy atom. The number of nitrogen functional groups attached to an aromatic ring is 2. The van der Waals surface area contributed by atoms with E-state index in [1.165, 1.54) is 48.8 Å². The minimum Gasteiger partial charge on any atom is -0.457 e. The van der Waals surface area contributed by atoms with Gasteiger partial charge in [-0.2, -0.15) is 0 Å². The van der Waals surface area contributed by atoms with E-state index in [1.807, 2.05) is 0 Å². The van der Waals surface area contributed by atoms with E-state index in [0.717, 1.165) is 6.07 Å². The maximum Gasteiger partial charge on any atom is 0.277 e. The Labute approximate surface area is 242 Å². The van der Waals surface area contributed by atoms with Crippen molar-refractivity contribution in [3.05, 3.63) is 146 Å². The summed E-state index contributed by atoms with van der Waals surface area (Å²) in [6.45, 7) is 0. The lowest BCUT2D eigenvalue weighted by Crippen LogP contribution is -1.99. The van der Waals surface area contributed by atoms with Crippen LogP contribution in [0.15, 0.2) is 114 Å². The number of nitro groups is 2. The number of ether oxygens (including phenoxy) is 1. The van der Waals surface area contributed by atoms with Crippen LogP contribution in [0.3, 0.4) is 0 Å². The molecule has 216 valence electrons. The van der Waals surface area contributed by atoms with Crippen molar-refractivity contribution in [3.8, 4) is 11.5 Å². The van der Waals surface area contributed by atoms with Crippen molar-refractivity contribution in [2.24, 2.45) is 0 Å². The smallest absolute Gasteiger partial charge is 0.277 e. The molecule has 2 aromatic heterocycles. The number of anilines is 2. The highest BCUT2D eigenvalue weighted by Gasteiger charge is 2.15. The van der Waals surface area contributed by atoms with Crippen LogP contribution < -0.4 is 21.6 Å². The highest BCUT2D eigenvalue weighted by atomic mass is 19.1. The second-order valence-electron chi connectivity index (χ2n) is 8.75. The molecule has 6 aromatic rings. The molecular formula is C30H23FN6O6. The predicted octanol–water partition coefficient (Wildman–Crippen LogP) is 6.36. The molecule has 12 nitrogen and oxygen atoms in total. The summed E-state index contributed by atoms with van der Waals surface area (Å²) >= 11 is 0. The van der Waals surface area contributed by atoms with E-state index in [2.05, 4.69) is 9.97 Å². The van der Waals surface area contributed by atoms with Gasteiger partial charge in [0, 0.05) is 53.5 Å². The molecule has 43 heavy (non-hydrogen) atoms. The minimum atomic E-state index is -0.512. The van der Waals surface area contributed by atoms with Crippen molar-refractivity contribution in [2.45, 2.75) is 0 Å². The number of halogens is 1. The first-order valence-electron chi connectivity index (χ1n) is 12.5. The summed E-state index contributed by atoms with van der Waals surface area (Å²) in [6.07, 6.45) is 3.05. The predicted molar refractivity (Wildman–Crippen MR) is 161 cm³/mol. The van der Waals surface area contributed by atoms with Crippen LogP contribution in [0.25, 0.3) is 21.5 Å². The molecule has 0 unspecified atom stereocenters. The number of benzene rings is 4. The van der Waals surface area contributed by atoms with Crippen molar-refractivity contribution in [1.29, 1.82) is 0 Å². The largest absolute Gasteiger partial charge is 0.457 e. The number of aromatic nitrogens is 2. The molecule has 4 aromatic carbocycles. The second kappa shape index (κ2) is 13.3. The zero-order chi connectivity index (χ0) is 30.9. The number of hydrogen-bond donors (Lipinski definition) is 3. The van der Waals surface area contributed by atoms with Gasteiger partial charge in [-0.15, -0.1) is 0 Å². The topological polar surface area (TPSA) is 193 Å². The molecule has 0 amide bonds. The van der Waals surface area contributed by atoms with Crippen LogP contribution in [0, 0.1) is 26.0 Å². The van der Waals surface area contributed by atoms with Crippen molar-refractivity contribution in [1.82, 2.24) is 9.97 Å². The maximum atomic E-state index is 13.2. The lowest BCUT2D eigenvalue weighted by atomic mass is 10.1. The van der Waals surface area contributed by atoms with E-state index < -0.39 is 15.7 Å². The Bertz CT molecular complexity index is 2000. The van der Waals surface area contributed by atoms with Gasteiger partial charge in [-0.25, -0.2) is 9.37 Å². The maximum absolute atomic E-state index is 13.2. The second-order valence-corrected chi connectivity index (χ2v) is 8.75. The molecule has 5 N–H and O–H groups in total. The lowest BCUT2D eigenvalue weighted by Gasteiger charge is -2.09. The van der Waals surface area contributed by atoms with E-state index in [-0.39, 0.29) is 22.2 Å². The Kier molecular flexibility index (Phi) is 9.17. The zero-order valence-corrected chi connectivity index (χ0v) is 22.2. The SMILES string of the molecule is Nc1cc(=O)cc[nH]1.Nc1cc(Oc2ccc([N+](=O)[O-])c3ccccc23)ccn1.O=[N+]([O-])c1ccc(F)c2ccccc12. The molecule has 0 radical (unpaired) electrons. The fourth-order valence-corrected chi connectivity index (χ4v) is 3.99. The average molecular weight is 583 g/mol. The molecule has 0 atom stereocenters. The van der Waals surface area contributed by atoms with Crippen molar-refractivity contribution in [3.63, 3.8) is 0 Å². The average Bonchev–Trinajstić information content (AvgIpc) is 2.98. The number of nitro benzene ring substituents is 2. The van der Waals surface area contributed by atoms with Crippen LogP contribution in [0.1, 0.15) is 0 Å². The normalized spacial score (nSPS) is 10.2. The summed E-state index contributed by atoms with van der Waals surface area (Å²) in [6, 6.07) is 24.7. The van der Waals surface area contributed by atoms with Gasteiger partial charge in [0.15, 0.2) is 5.43 Å². The molecule has 0 spiro atoms. The molecule has 2 heterocycles. The molecule has 0 saturated heterocycles. The zero-order valence-electron chi connectivity index (χ0n) is 22.2. The van der Waals surface area contributed by atoms with Crippen LogP contribution in [0.5, 0.6) is 11.5 Å². The Hall–Kier alpha value is -6.37. The van der Waals surface area contributed by atoms with Gasteiger partial charge in [0.25, 0.3) is 11.4 Å². The van der Waals surface area contributed by atoms with Gasteiger partial charge in [0.1, 0.15) is 29.0 Å². The van der Waals surface area contributed by atoms with Crippen molar-refractivity contribution < 1.29 is 19.0 Å². The number of non-ortho nitro benzene ring substituents is 2. The first-order valence-corrected chi connectivity index (χ1v) is 12.5. The summed E-state index contributed by atoms with van der Waals surface area (Å²) in [5.74, 6) is 1.37. The summed E-state index contributed by atoms with van der Waals surface area (Å²) in [7, 11) is 0. The molecule has 6 rings (SSSR count). The van der Waals surface area contributed by atoms with Gasteiger partial charge < -0.3 is 21.2 Å². The van der Waals surface area contributed by atoms with Gasteiger partial charge >= 0.3 is 0 Å². The number of rotatable bonds is 4. The third kappa shape index (κ3) is 7.43. The molecule has 0 bridgehead atoms. The Morgan fingerprint density at radius 2 is 1.33 bits per heavy atom. The van der Waals surface area contributed by atoms with Crippen molar-refractivity contribution >= 4 is 44.6 Å². The number of nitrogens with one attached hydrogen (secondary N) is 1. The number of nitrogens with two attached hydrogens (primary N) is 2. The number of fused-ring (bicyclic) bond motifs is 2. The van der Waals surface area contributed by atoms with E-state index >= 15 is 0 Å². The number of H-pyrrole nitrogens is 1. The molecule has 0 fully saturated rings. The third-order valence-corrected chi connectivity index (χ3v) is 5.88. The first kappa shape index (κ1) is 29.6. The van der Waals surface area contributed by atoms with Gasteiger partial charge in [-0.1, -0.05) is 36.4 Å². The van der Waals surface area contributed by atoms with Crippen LogP contribution in [-0.2, 0) is 0 Å². The number of pyridine rings is 2. The highest BCUT2D eigenvalue weighted by Crippen LogP contribution is 2.35. The quantitative estimate of drug-likeness (QED) is 0.156. The van der Waals surface area contributed by atoms with E-state index in [4.69, 9.17) is 16.2 Å². The number of nitrogens with zero attached hydrogens (tertiary/aromatic N) is 3. The molecule has 0 aliphatic heterocycles. The van der Waals surface area contributed by atoms with Gasteiger partial charge in [0.2, 0.25) is 0 Å². The summed E-state index contributed by atoms with van der Waals surface area (Å²) < 4.78 is 19.0. The van der Waals surface area contributed by atoms with Crippen molar-refractivity contribution in [2.75, 3.05) is 11.5 Å². The molecule has 0 aliphatic carbocycles. The minimum absolute atomic E-state index is 0.0483.